The molecule has 2 unspecified atom stereocenters. The largest absolute Gasteiger partial charge is 0.385 e. The van der Waals surface area contributed by atoms with E-state index in [9.17, 15) is 9.90 Å². The molecule has 0 aliphatic carbocycles. The van der Waals surface area contributed by atoms with Gasteiger partial charge in [-0.3, -0.25) is 4.79 Å². The Balaban J connectivity index is 1.92. The van der Waals surface area contributed by atoms with E-state index in [1.54, 1.807) is 12.3 Å². The Morgan fingerprint density at radius 2 is 2.59 bits per heavy atom. The number of aliphatic hydroxyl groups is 1. The second-order valence-electron chi connectivity index (χ2n) is 4.28. The zero-order valence-corrected chi connectivity index (χ0v) is 11.1. The van der Waals surface area contributed by atoms with Crippen molar-refractivity contribution < 1.29 is 14.6 Å². The number of hydrogen-bond acceptors (Lipinski definition) is 3. The van der Waals surface area contributed by atoms with Gasteiger partial charge in [0.1, 0.15) is 11.3 Å². The number of carbonyl (C=O) groups excluding carboxylic acids is 1. The van der Waals surface area contributed by atoms with Gasteiger partial charge in [-0.05, 0) is 28.9 Å². The topological polar surface area (TPSA) is 74.3 Å². The van der Waals surface area contributed by atoms with Crippen LogP contribution in [-0.4, -0.2) is 40.9 Å². The second kappa shape index (κ2) is 4.80. The molecule has 17 heavy (non-hydrogen) atoms. The monoisotopic (exact) mass is 302 g/mol. The molecule has 1 aliphatic rings. The molecular weight excluding hydrogens is 288 g/mol. The second-order valence-corrected chi connectivity index (χ2v) is 5.20. The highest BCUT2D eigenvalue weighted by atomic mass is 79.9. The number of carbonyl (C=O) groups is 1. The molecule has 1 aromatic rings. The van der Waals surface area contributed by atoms with Crippen LogP contribution in [0.1, 0.15) is 23.8 Å². The van der Waals surface area contributed by atoms with Crippen molar-refractivity contribution in [3.05, 3.63) is 22.4 Å². The minimum Gasteiger partial charge on any atom is -0.385 e. The Morgan fingerprint density at radius 3 is 3.12 bits per heavy atom. The summed E-state index contributed by atoms with van der Waals surface area (Å²) in [6.07, 6.45) is 1.98. The van der Waals surface area contributed by atoms with Crippen LogP contribution in [0.3, 0.4) is 0 Å². The average molecular weight is 303 g/mol. The highest BCUT2D eigenvalue weighted by molar-refractivity contribution is 9.10. The van der Waals surface area contributed by atoms with Crippen LogP contribution in [0.5, 0.6) is 0 Å². The fourth-order valence-corrected chi connectivity index (χ4v) is 2.17. The number of nitrogens with one attached hydrogen (secondary N) is 2. The molecule has 1 aromatic heterocycles. The zero-order valence-electron chi connectivity index (χ0n) is 9.50. The molecule has 2 atom stereocenters. The molecule has 2 heterocycles. The summed E-state index contributed by atoms with van der Waals surface area (Å²) < 4.78 is 6.11. The number of halogens is 1. The van der Waals surface area contributed by atoms with E-state index < -0.39 is 5.60 Å². The van der Waals surface area contributed by atoms with Gasteiger partial charge in [0, 0.05) is 30.2 Å². The Bertz CT molecular complexity index is 421. The molecule has 1 aliphatic heterocycles. The van der Waals surface area contributed by atoms with Gasteiger partial charge < -0.3 is 20.1 Å². The van der Waals surface area contributed by atoms with Crippen molar-refractivity contribution in [2.75, 3.05) is 13.2 Å². The van der Waals surface area contributed by atoms with Crippen molar-refractivity contribution in [2.24, 2.45) is 0 Å². The maximum absolute atomic E-state index is 11.7. The number of aromatic amines is 1. The lowest BCUT2D eigenvalue weighted by atomic mass is 9.97. The van der Waals surface area contributed by atoms with E-state index in [4.69, 9.17) is 4.74 Å². The molecule has 2 rings (SSSR count). The van der Waals surface area contributed by atoms with E-state index in [0.717, 1.165) is 4.47 Å². The quantitative estimate of drug-likeness (QED) is 0.781. The maximum Gasteiger partial charge on any atom is 0.267 e. The normalized spacial score (nSPS) is 28.3. The van der Waals surface area contributed by atoms with Crippen molar-refractivity contribution in [1.82, 2.24) is 10.3 Å². The van der Waals surface area contributed by atoms with Crippen LogP contribution < -0.4 is 5.32 Å². The van der Waals surface area contributed by atoms with Gasteiger partial charge in [-0.25, -0.2) is 0 Å². The summed E-state index contributed by atoms with van der Waals surface area (Å²) in [5.74, 6) is -0.233. The first kappa shape index (κ1) is 12.6. The third kappa shape index (κ3) is 2.70. The van der Waals surface area contributed by atoms with Gasteiger partial charge in [0.15, 0.2) is 0 Å². The molecule has 3 N–H and O–H groups in total. The fraction of sp³-hybridized carbons (Fsp3) is 0.545. The number of hydrogen-bond donors (Lipinski definition) is 3. The van der Waals surface area contributed by atoms with Crippen LogP contribution in [0.2, 0.25) is 0 Å². The molecule has 1 amide bonds. The van der Waals surface area contributed by atoms with E-state index in [1.165, 1.54) is 0 Å². The van der Waals surface area contributed by atoms with Gasteiger partial charge in [0.25, 0.3) is 5.91 Å². The minimum absolute atomic E-state index is 0.198. The van der Waals surface area contributed by atoms with Crippen LogP contribution >= 0.6 is 15.9 Å². The Morgan fingerprint density at radius 1 is 1.82 bits per heavy atom. The van der Waals surface area contributed by atoms with Crippen LogP contribution in [0.25, 0.3) is 0 Å². The molecular formula is C11H15BrN2O3. The standard InChI is InChI=1S/C11H15BrN2O3/c1-7-11(16,2-3-17-7)6-14-10(15)9-4-8(12)5-13-9/h4-5,7,13,16H,2-3,6H2,1H3,(H,14,15). The number of H-pyrrole nitrogens is 1. The molecule has 1 fully saturated rings. The van der Waals surface area contributed by atoms with Crippen molar-refractivity contribution in [3.63, 3.8) is 0 Å². The van der Waals surface area contributed by atoms with Gasteiger partial charge in [0.05, 0.1) is 6.10 Å². The minimum atomic E-state index is -0.959. The Labute approximate surface area is 108 Å². The first-order chi connectivity index (χ1) is 8.01. The molecule has 94 valence electrons. The predicted octanol–water partition coefficient (Wildman–Crippen LogP) is 1.05. The lowest BCUT2D eigenvalue weighted by Crippen LogP contribution is -2.47. The van der Waals surface area contributed by atoms with E-state index in [1.807, 2.05) is 6.92 Å². The number of amides is 1. The van der Waals surface area contributed by atoms with Crippen LogP contribution in [0, 0.1) is 0 Å². The molecule has 0 radical (unpaired) electrons. The highest BCUT2D eigenvalue weighted by Gasteiger charge is 2.39. The predicted molar refractivity (Wildman–Crippen MR) is 65.8 cm³/mol. The van der Waals surface area contributed by atoms with Crippen molar-refractivity contribution in [1.29, 1.82) is 0 Å². The summed E-state index contributed by atoms with van der Waals surface area (Å²) in [6.45, 7) is 2.54. The molecule has 0 bridgehead atoms. The summed E-state index contributed by atoms with van der Waals surface area (Å²) in [4.78, 5) is 14.6. The lowest BCUT2D eigenvalue weighted by Gasteiger charge is -2.25. The van der Waals surface area contributed by atoms with Crippen LogP contribution in [-0.2, 0) is 4.74 Å². The maximum atomic E-state index is 11.7. The van der Waals surface area contributed by atoms with Gasteiger partial charge in [0.2, 0.25) is 0 Å². The summed E-state index contributed by atoms with van der Waals surface area (Å²) in [7, 11) is 0. The number of rotatable bonds is 3. The first-order valence-corrected chi connectivity index (χ1v) is 6.27. The summed E-state index contributed by atoms with van der Waals surface area (Å²) in [6, 6.07) is 1.69. The van der Waals surface area contributed by atoms with Crippen molar-refractivity contribution in [3.8, 4) is 0 Å². The molecule has 5 nitrogen and oxygen atoms in total. The Hall–Kier alpha value is -0.850. The van der Waals surface area contributed by atoms with Gasteiger partial charge >= 0.3 is 0 Å². The third-order valence-electron chi connectivity index (χ3n) is 3.11. The molecule has 0 aromatic carbocycles. The van der Waals surface area contributed by atoms with Crippen molar-refractivity contribution >= 4 is 21.8 Å². The van der Waals surface area contributed by atoms with E-state index in [2.05, 4.69) is 26.2 Å². The highest BCUT2D eigenvalue weighted by Crippen LogP contribution is 2.24. The molecule has 0 spiro atoms. The third-order valence-corrected chi connectivity index (χ3v) is 3.56. The number of aromatic nitrogens is 1. The van der Waals surface area contributed by atoms with Gasteiger partial charge in [-0.15, -0.1) is 0 Å². The molecule has 1 saturated heterocycles. The zero-order chi connectivity index (χ0) is 12.5. The SMILES string of the molecule is CC1OCCC1(O)CNC(=O)c1cc(Br)c[nH]1. The number of ether oxygens (including phenoxy) is 1. The van der Waals surface area contributed by atoms with Crippen LogP contribution in [0.4, 0.5) is 0 Å². The van der Waals surface area contributed by atoms with E-state index >= 15 is 0 Å². The molecule has 6 heteroatoms. The first-order valence-electron chi connectivity index (χ1n) is 5.47. The molecule has 0 saturated carbocycles. The Kier molecular flexibility index (Phi) is 3.56. The van der Waals surface area contributed by atoms with Gasteiger partial charge in [-0.2, -0.15) is 0 Å². The summed E-state index contributed by atoms with van der Waals surface area (Å²) >= 11 is 3.26. The van der Waals surface area contributed by atoms with Crippen LogP contribution in [0.15, 0.2) is 16.7 Å². The summed E-state index contributed by atoms with van der Waals surface area (Å²) in [5.41, 5.74) is -0.494. The lowest BCUT2D eigenvalue weighted by molar-refractivity contribution is -0.0252. The fourth-order valence-electron chi connectivity index (χ4n) is 1.83. The van der Waals surface area contributed by atoms with Gasteiger partial charge in [-0.1, -0.05) is 0 Å². The average Bonchev–Trinajstić information content (AvgIpc) is 2.84. The van der Waals surface area contributed by atoms with Crippen molar-refractivity contribution in [2.45, 2.75) is 25.0 Å². The van der Waals surface area contributed by atoms with E-state index in [0.29, 0.717) is 18.7 Å². The smallest absolute Gasteiger partial charge is 0.267 e. The van der Waals surface area contributed by atoms with E-state index in [-0.39, 0.29) is 18.6 Å². The summed E-state index contributed by atoms with van der Waals surface area (Å²) in [5, 5.41) is 12.9.